The molecule has 29 heavy (non-hydrogen) atoms. The third-order valence-electron chi connectivity index (χ3n) is 5.83. The lowest BCUT2D eigenvalue weighted by Crippen LogP contribution is -2.54. The predicted molar refractivity (Wildman–Crippen MR) is 108 cm³/mol. The van der Waals surface area contributed by atoms with E-state index in [1.165, 1.54) is 10.6 Å². The Hall–Kier alpha value is -2.46. The number of amides is 2. The first-order chi connectivity index (χ1) is 13.8. The lowest BCUT2D eigenvalue weighted by Gasteiger charge is -2.35. The molecule has 2 aliphatic heterocycles. The lowest BCUT2D eigenvalue weighted by atomic mass is 9.99. The number of sulfonamides is 1. The SMILES string of the molecule is CCC(C(=O)NC1CCN(S(C)(=O)=O)CC1)N1Cc2ccnc3[nH]cc(c23)C1=O. The molecule has 1 atom stereocenters. The van der Waals surface area contributed by atoms with Gasteiger partial charge in [0.1, 0.15) is 11.7 Å². The van der Waals surface area contributed by atoms with E-state index in [0.29, 0.717) is 50.1 Å². The maximum Gasteiger partial charge on any atom is 0.257 e. The summed E-state index contributed by atoms with van der Waals surface area (Å²) in [5, 5.41) is 3.86. The number of carbonyl (C=O) groups is 2. The number of aromatic amines is 1. The minimum atomic E-state index is -3.21. The summed E-state index contributed by atoms with van der Waals surface area (Å²) in [5.74, 6) is -0.367. The van der Waals surface area contributed by atoms with Gasteiger partial charge in [-0.15, -0.1) is 0 Å². The highest BCUT2D eigenvalue weighted by Gasteiger charge is 2.36. The summed E-state index contributed by atoms with van der Waals surface area (Å²) >= 11 is 0. The molecule has 4 heterocycles. The van der Waals surface area contributed by atoms with Crippen LogP contribution < -0.4 is 5.32 Å². The van der Waals surface area contributed by atoms with Crippen molar-refractivity contribution in [2.24, 2.45) is 0 Å². The van der Waals surface area contributed by atoms with Crippen molar-refractivity contribution in [2.45, 2.75) is 44.8 Å². The molecule has 2 N–H and O–H groups in total. The number of nitrogens with zero attached hydrogens (tertiary/aromatic N) is 3. The molecule has 0 radical (unpaired) electrons. The van der Waals surface area contributed by atoms with E-state index in [2.05, 4.69) is 15.3 Å². The molecule has 1 fully saturated rings. The van der Waals surface area contributed by atoms with Gasteiger partial charge < -0.3 is 15.2 Å². The van der Waals surface area contributed by atoms with Gasteiger partial charge in [0.25, 0.3) is 5.91 Å². The molecule has 0 bridgehead atoms. The fraction of sp³-hybridized carbons (Fsp3) is 0.526. The van der Waals surface area contributed by atoms with Crippen molar-refractivity contribution in [3.05, 3.63) is 29.6 Å². The summed E-state index contributed by atoms with van der Waals surface area (Å²) in [5.41, 5.74) is 2.20. The van der Waals surface area contributed by atoms with E-state index in [-0.39, 0.29) is 17.9 Å². The number of piperidine rings is 1. The summed E-state index contributed by atoms with van der Waals surface area (Å²) in [6, 6.07) is 1.21. The van der Waals surface area contributed by atoms with Crippen LogP contribution in [0.4, 0.5) is 0 Å². The number of hydrogen-bond donors (Lipinski definition) is 2. The second kappa shape index (κ2) is 7.42. The molecule has 0 spiro atoms. The Morgan fingerprint density at radius 2 is 2.10 bits per heavy atom. The average molecular weight is 420 g/mol. The molecule has 2 aliphatic rings. The quantitative estimate of drug-likeness (QED) is 0.745. The number of nitrogens with one attached hydrogen (secondary N) is 2. The molecule has 1 unspecified atom stereocenters. The van der Waals surface area contributed by atoms with Crippen molar-refractivity contribution in [3.63, 3.8) is 0 Å². The second-order valence-corrected chi connectivity index (χ2v) is 9.68. The van der Waals surface area contributed by atoms with Gasteiger partial charge in [-0.1, -0.05) is 6.92 Å². The fourth-order valence-electron chi connectivity index (χ4n) is 4.26. The van der Waals surface area contributed by atoms with Crippen LogP contribution in [0.15, 0.2) is 18.5 Å². The molecule has 9 nitrogen and oxygen atoms in total. The zero-order valence-corrected chi connectivity index (χ0v) is 17.3. The molecular formula is C19H25N5O4S. The van der Waals surface area contributed by atoms with Gasteiger partial charge in [0, 0.05) is 43.5 Å². The summed E-state index contributed by atoms with van der Waals surface area (Å²) in [6.45, 7) is 3.04. The van der Waals surface area contributed by atoms with Gasteiger partial charge in [0.2, 0.25) is 15.9 Å². The van der Waals surface area contributed by atoms with E-state index in [1.54, 1.807) is 17.3 Å². The first-order valence-corrected chi connectivity index (χ1v) is 11.7. The fourth-order valence-corrected chi connectivity index (χ4v) is 5.14. The Kier molecular flexibility index (Phi) is 5.07. The third-order valence-corrected chi connectivity index (χ3v) is 7.13. The number of H-pyrrole nitrogens is 1. The number of rotatable bonds is 5. The van der Waals surface area contributed by atoms with Crippen molar-refractivity contribution in [1.29, 1.82) is 0 Å². The predicted octanol–water partition coefficient (Wildman–Crippen LogP) is 0.838. The first-order valence-electron chi connectivity index (χ1n) is 9.81. The maximum atomic E-state index is 13.0. The van der Waals surface area contributed by atoms with E-state index >= 15 is 0 Å². The molecular weight excluding hydrogens is 394 g/mol. The molecule has 2 aromatic rings. The van der Waals surface area contributed by atoms with Crippen molar-refractivity contribution in [1.82, 2.24) is 24.5 Å². The van der Waals surface area contributed by atoms with E-state index in [0.717, 1.165) is 10.9 Å². The van der Waals surface area contributed by atoms with Crippen LogP contribution in [0.5, 0.6) is 0 Å². The highest BCUT2D eigenvalue weighted by Crippen LogP contribution is 2.30. The third kappa shape index (κ3) is 3.62. The molecule has 1 saturated heterocycles. The monoisotopic (exact) mass is 419 g/mol. The second-order valence-electron chi connectivity index (χ2n) is 7.70. The van der Waals surface area contributed by atoms with Crippen molar-refractivity contribution < 1.29 is 18.0 Å². The topological polar surface area (TPSA) is 115 Å². The molecule has 2 aromatic heterocycles. The summed E-state index contributed by atoms with van der Waals surface area (Å²) in [6.07, 6.45) is 6.18. The number of carbonyl (C=O) groups excluding carboxylic acids is 2. The normalized spacial score (nSPS) is 19.5. The maximum absolute atomic E-state index is 13.0. The highest BCUT2D eigenvalue weighted by molar-refractivity contribution is 7.88. The zero-order chi connectivity index (χ0) is 20.8. The Balaban J connectivity index is 1.47. The van der Waals surface area contributed by atoms with Gasteiger partial charge in [0.15, 0.2) is 0 Å². The van der Waals surface area contributed by atoms with Crippen molar-refractivity contribution in [2.75, 3.05) is 19.3 Å². The van der Waals surface area contributed by atoms with Crippen LogP contribution in [-0.4, -0.2) is 70.8 Å². The van der Waals surface area contributed by atoms with Crippen LogP contribution in [0.2, 0.25) is 0 Å². The molecule has 0 saturated carbocycles. The Morgan fingerprint density at radius 3 is 2.76 bits per heavy atom. The first kappa shape index (κ1) is 19.8. The van der Waals surface area contributed by atoms with Crippen molar-refractivity contribution >= 4 is 32.9 Å². The molecule has 10 heteroatoms. The van der Waals surface area contributed by atoms with Gasteiger partial charge in [-0.2, -0.15) is 0 Å². The Morgan fingerprint density at radius 1 is 1.38 bits per heavy atom. The van der Waals surface area contributed by atoms with Gasteiger partial charge in [0.05, 0.1) is 11.8 Å². The van der Waals surface area contributed by atoms with Crippen LogP contribution in [-0.2, 0) is 21.4 Å². The van der Waals surface area contributed by atoms with Crippen molar-refractivity contribution in [3.8, 4) is 0 Å². The largest absolute Gasteiger partial charge is 0.351 e. The van der Waals surface area contributed by atoms with Crippen LogP contribution in [0.1, 0.15) is 42.1 Å². The van der Waals surface area contributed by atoms with Gasteiger partial charge in [-0.3, -0.25) is 9.59 Å². The number of hydrogen-bond acceptors (Lipinski definition) is 5. The molecule has 2 amide bonds. The van der Waals surface area contributed by atoms with Crippen LogP contribution in [0, 0.1) is 0 Å². The molecule has 0 aromatic carbocycles. The Labute approximate surface area is 169 Å². The highest BCUT2D eigenvalue weighted by atomic mass is 32.2. The van der Waals surface area contributed by atoms with E-state index < -0.39 is 16.1 Å². The molecule has 156 valence electrons. The van der Waals surface area contributed by atoms with Gasteiger partial charge in [-0.25, -0.2) is 17.7 Å². The smallest absolute Gasteiger partial charge is 0.257 e. The average Bonchev–Trinajstić information content (AvgIpc) is 3.12. The zero-order valence-electron chi connectivity index (χ0n) is 16.5. The number of pyridine rings is 1. The number of aromatic nitrogens is 2. The van der Waals surface area contributed by atoms with Crippen LogP contribution >= 0.6 is 0 Å². The van der Waals surface area contributed by atoms with E-state index in [9.17, 15) is 18.0 Å². The summed E-state index contributed by atoms with van der Waals surface area (Å²) in [4.78, 5) is 34.9. The Bertz CT molecular complexity index is 1060. The lowest BCUT2D eigenvalue weighted by molar-refractivity contribution is -0.127. The molecule has 4 rings (SSSR count). The minimum absolute atomic E-state index is 0.0927. The van der Waals surface area contributed by atoms with Crippen LogP contribution in [0.3, 0.4) is 0 Å². The van der Waals surface area contributed by atoms with Gasteiger partial charge in [-0.05, 0) is 30.9 Å². The minimum Gasteiger partial charge on any atom is -0.351 e. The standard InChI is InChI=1S/C19H25N5O4S/c1-3-15(18(25)22-13-5-8-23(9-6-13)29(2,27)28)24-11-12-4-7-20-17-16(12)14(10-21-17)19(24)26/h4,7,10,13,15H,3,5-6,8-9,11H2,1-2H3,(H,20,21)(H,22,25). The summed E-state index contributed by atoms with van der Waals surface area (Å²) in [7, 11) is -3.21. The van der Waals surface area contributed by atoms with E-state index in [1.807, 2.05) is 13.0 Å². The van der Waals surface area contributed by atoms with Gasteiger partial charge >= 0.3 is 0 Å². The van der Waals surface area contributed by atoms with Crippen LogP contribution in [0.25, 0.3) is 11.0 Å². The van der Waals surface area contributed by atoms with E-state index in [4.69, 9.17) is 0 Å². The summed E-state index contributed by atoms with van der Waals surface area (Å²) < 4.78 is 24.7. The molecule has 0 aliphatic carbocycles.